The number of hydrogen-bond acceptors (Lipinski definition) is 6. The number of oxime groups is 1. The van der Waals surface area contributed by atoms with Crippen LogP contribution in [0.25, 0.3) is 0 Å². The molecule has 25 heavy (non-hydrogen) atoms. The number of ether oxygens (including phenoxy) is 2. The van der Waals surface area contributed by atoms with Crippen molar-refractivity contribution in [3.8, 4) is 0 Å². The number of esters is 2. The lowest BCUT2D eigenvalue weighted by molar-refractivity contribution is -0.173. The summed E-state index contributed by atoms with van der Waals surface area (Å²) >= 11 is 0. The van der Waals surface area contributed by atoms with E-state index in [1.165, 1.54) is 0 Å². The fraction of sp³-hybridized carbons (Fsp3) is 0.526. The summed E-state index contributed by atoms with van der Waals surface area (Å²) in [7, 11) is 0. The van der Waals surface area contributed by atoms with E-state index in [9.17, 15) is 9.59 Å². The third-order valence-electron chi connectivity index (χ3n) is 4.91. The fourth-order valence-corrected chi connectivity index (χ4v) is 3.79. The molecular weight excluding hydrogens is 322 g/mol. The largest absolute Gasteiger partial charge is 0.465 e. The zero-order chi connectivity index (χ0) is 18.0. The van der Waals surface area contributed by atoms with E-state index in [4.69, 9.17) is 14.3 Å². The molecule has 0 spiro atoms. The molecule has 1 fully saturated rings. The highest BCUT2D eigenvalue weighted by Gasteiger charge is 2.65. The molecule has 1 aromatic carbocycles. The van der Waals surface area contributed by atoms with Crippen LogP contribution in [0.4, 0.5) is 0 Å². The van der Waals surface area contributed by atoms with Gasteiger partial charge in [0.2, 0.25) is 0 Å². The Hall–Kier alpha value is -2.37. The molecule has 1 aromatic rings. The fourth-order valence-electron chi connectivity index (χ4n) is 3.79. The molecule has 0 bridgehead atoms. The van der Waals surface area contributed by atoms with Crippen LogP contribution in [0.1, 0.15) is 37.3 Å². The molecule has 0 unspecified atom stereocenters. The molecule has 1 saturated carbocycles. The van der Waals surface area contributed by atoms with Crippen molar-refractivity contribution < 1.29 is 23.9 Å². The molecule has 2 aliphatic rings. The molecule has 1 aliphatic heterocycles. The Morgan fingerprint density at radius 3 is 2.32 bits per heavy atom. The molecule has 6 heteroatoms. The van der Waals surface area contributed by atoms with Crippen molar-refractivity contribution in [1.82, 2.24) is 0 Å². The van der Waals surface area contributed by atoms with Gasteiger partial charge in [-0.2, -0.15) is 0 Å². The quantitative estimate of drug-likeness (QED) is 0.606. The highest BCUT2D eigenvalue weighted by Crippen LogP contribution is 2.53. The van der Waals surface area contributed by atoms with Crippen molar-refractivity contribution >= 4 is 17.7 Å². The molecule has 0 N–H and O–H groups in total. The second kappa shape index (κ2) is 6.86. The first-order chi connectivity index (χ1) is 12.0. The molecule has 0 aromatic heterocycles. The van der Waals surface area contributed by atoms with Gasteiger partial charge in [-0.15, -0.1) is 0 Å². The topological polar surface area (TPSA) is 74.2 Å². The predicted octanol–water partition coefficient (Wildman–Crippen LogP) is 2.60. The second-order valence-corrected chi connectivity index (χ2v) is 6.47. The number of rotatable bonds is 5. The maximum Gasteiger partial charge on any atom is 0.324 e. The molecule has 3 rings (SSSR count). The Bertz CT molecular complexity index is 676. The van der Waals surface area contributed by atoms with E-state index in [0.717, 1.165) is 16.8 Å². The Balaban J connectivity index is 2.14. The molecule has 6 nitrogen and oxygen atoms in total. The lowest BCUT2D eigenvalue weighted by Crippen LogP contribution is -2.45. The molecule has 0 amide bonds. The van der Waals surface area contributed by atoms with E-state index < -0.39 is 23.3 Å². The van der Waals surface area contributed by atoms with Gasteiger partial charge >= 0.3 is 11.9 Å². The van der Waals surface area contributed by atoms with Gasteiger partial charge in [-0.1, -0.05) is 35.0 Å². The number of hydrogen-bond donors (Lipinski definition) is 0. The summed E-state index contributed by atoms with van der Waals surface area (Å²) in [6, 6.07) is 7.77. The highest BCUT2D eigenvalue weighted by molar-refractivity contribution is 6.12. The average Bonchev–Trinajstić information content (AvgIpc) is 3.15. The summed E-state index contributed by atoms with van der Waals surface area (Å²) in [5, 5.41) is 4.16. The van der Waals surface area contributed by atoms with Crippen molar-refractivity contribution in [2.45, 2.75) is 33.1 Å². The van der Waals surface area contributed by atoms with E-state index in [0.29, 0.717) is 13.0 Å². The number of aryl methyl sites for hydroxylation is 1. The number of nitrogens with zero attached hydrogens (tertiary/aromatic N) is 1. The first-order valence-electron chi connectivity index (χ1n) is 8.65. The first-order valence-corrected chi connectivity index (χ1v) is 8.65. The Morgan fingerprint density at radius 1 is 1.16 bits per heavy atom. The smallest absolute Gasteiger partial charge is 0.324 e. The normalized spacial score (nSPS) is 23.4. The number of carbonyl (C=O) groups is 2. The van der Waals surface area contributed by atoms with Crippen LogP contribution in [0, 0.1) is 18.3 Å². The summed E-state index contributed by atoms with van der Waals surface area (Å²) < 4.78 is 10.6. The Labute approximate surface area is 147 Å². The number of fused-ring (bicyclic) bond motifs is 1. The molecule has 1 heterocycles. The minimum atomic E-state index is -1.41. The lowest BCUT2D eigenvalue weighted by atomic mass is 9.73. The zero-order valence-corrected chi connectivity index (χ0v) is 14.8. The lowest BCUT2D eigenvalue weighted by Gasteiger charge is -2.31. The second-order valence-electron chi connectivity index (χ2n) is 6.47. The Kier molecular flexibility index (Phi) is 4.79. The molecule has 1 aliphatic carbocycles. The SMILES string of the molecule is CCOC(=O)C1(C(=O)OCC)C[C@H]2CON=C2[C@@H]1c1ccc(C)cc1. The van der Waals surface area contributed by atoms with Crippen LogP contribution in [0.5, 0.6) is 0 Å². The van der Waals surface area contributed by atoms with Crippen LogP contribution in [0.2, 0.25) is 0 Å². The molecule has 0 radical (unpaired) electrons. The Morgan fingerprint density at radius 2 is 1.76 bits per heavy atom. The first kappa shape index (κ1) is 17.5. The zero-order valence-electron chi connectivity index (χ0n) is 14.8. The van der Waals surface area contributed by atoms with Crippen molar-refractivity contribution in [1.29, 1.82) is 0 Å². The van der Waals surface area contributed by atoms with E-state index in [1.807, 2.05) is 31.2 Å². The van der Waals surface area contributed by atoms with Gasteiger partial charge in [0.05, 0.1) is 24.8 Å². The van der Waals surface area contributed by atoms with Gasteiger partial charge < -0.3 is 14.3 Å². The standard InChI is InChI=1S/C19H23NO5/c1-4-23-17(21)19(18(22)24-5-2)10-14-11-25-20-16(14)15(19)13-8-6-12(3)7-9-13/h6-9,14-15H,4-5,10-11H2,1-3H3/t14-,15-/m0/s1. The minimum absolute atomic E-state index is 0.0832. The third-order valence-corrected chi connectivity index (χ3v) is 4.91. The van der Waals surface area contributed by atoms with Gasteiger partial charge in [-0.3, -0.25) is 9.59 Å². The van der Waals surface area contributed by atoms with E-state index >= 15 is 0 Å². The molecule has 0 saturated heterocycles. The molecular formula is C19H23NO5. The van der Waals surface area contributed by atoms with Crippen LogP contribution in [0.3, 0.4) is 0 Å². The van der Waals surface area contributed by atoms with Crippen LogP contribution in [-0.2, 0) is 23.9 Å². The highest BCUT2D eigenvalue weighted by atomic mass is 16.6. The van der Waals surface area contributed by atoms with E-state index in [1.54, 1.807) is 13.8 Å². The maximum atomic E-state index is 12.9. The van der Waals surface area contributed by atoms with Crippen LogP contribution in [-0.4, -0.2) is 37.5 Å². The third kappa shape index (κ3) is 2.79. The maximum absolute atomic E-state index is 12.9. The minimum Gasteiger partial charge on any atom is -0.465 e. The van der Waals surface area contributed by atoms with Crippen LogP contribution in [0.15, 0.2) is 29.4 Å². The summed E-state index contributed by atoms with van der Waals surface area (Å²) in [6.07, 6.45) is 0.294. The monoisotopic (exact) mass is 345 g/mol. The van der Waals surface area contributed by atoms with Crippen LogP contribution >= 0.6 is 0 Å². The van der Waals surface area contributed by atoms with Crippen molar-refractivity contribution in [2.24, 2.45) is 16.5 Å². The average molecular weight is 345 g/mol. The van der Waals surface area contributed by atoms with Crippen molar-refractivity contribution in [2.75, 3.05) is 19.8 Å². The van der Waals surface area contributed by atoms with Gasteiger partial charge in [0.15, 0.2) is 5.41 Å². The summed E-state index contributed by atoms with van der Waals surface area (Å²) in [5.41, 5.74) is 1.26. The summed E-state index contributed by atoms with van der Waals surface area (Å²) in [5.74, 6) is -1.70. The molecule has 134 valence electrons. The van der Waals surface area contributed by atoms with Crippen molar-refractivity contribution in [3.63, 3.8) is 0 Å². The van der Waals surface area contributed by atoms with Gasteiger partial charge in [0, 0.05) is 5.92 Å². The number of benzene rings is 1. The summed E-state index contributed by atoms with van der Waals surface area (Å²) in [4.78, 5) is 31.1. The van der Waals surface area contributed by atoms with E-state index in [-0.39, 0.29) is 19.1 Å². The van der Waals surface area contributed by atoms with Crippen LogP contribution < -0.4 is 0 Å². The van der Waals surface area contributed by atoms with E-state index in [2.05, 4.69) is 5.16 Å². The van der Waals surface area contributed by atoms with Crippen molar-refractivity contribution in [3.05, 3.63) is 35.4 Å². The number of carbonyl (C=O) groups excluding carboxylic acids is 2. The molecule has 2 atom stereocenters. The predicted molar refractivity (Wildman–Crippen MR) is 91.1 cm³/mol. The van der Waals surface area contributed by atoms with Gasteiger partial charge in [0.1, 0.15) is 6.61 Å². The van der Waals surface area contributed by atoms with Gasteiger partial charge in [-0.25, -0.2) is 0 Å². The van der Waals surface area contributed by atoms with Gasteiger partial charge in [0.25, 0.3) is 0 Å². The summed E-state index contributed by atoms with van der Waals surface area (Å²) in [6.45, 7) is 6.23. The van der Waals surface area contributed by atoms with Gasteiger partial charge in [-0.05, 0) is 32.8 Å².